The number of halogens is 1. The lowest BCUT2D eigenvalue weighted by atomic mass is 9.98. The molecule has 0 bridgehead atoms. The lowest BCUT2D eigenvalue weighted by molar-refractivity contribution is 0.377. The number of rotatable bonds is 5. The first kappa shape index (κ1) is 15.3. The second-order valence-corrected chi connectivity index (χ2v) is 6.34. The van der Waals surface area contributed by atoms with Gasteiger partial charge in [0.1, 0.15) is 0 Å². The van der Waals surface area contributed by atoms with Crippen molar-refractivity contribution in [2.45, 2.75) is 19.3 Å². The molecule has 1 heterocycles. The fourth-order valence-corrected chi connectivity index (χ4v) is 3.10. The average Bonchev–Trinajstić information content (AvgIpc) is 3.07. The standard InChI is InChI=1S/C20H22ClN/c21-20-10-8-17(9-11-20)16-19(18-6-2-1-3-7-18)12-15-22-13-4-5-14-22/h1-3,6-12H,4-5,13-16H2/b19-12-. The fourth-order valence-electron chi connectivity index (χ4n) is 2.97. The molecular formula is C20H22ClN. The zero-order chi connectivity index (χ0) is 15.2. The van der Waals surface area contributed by atoms with E-state index in [0.717, 1.165) is 18.0 Å². The molecule has 0 atom stereocenters. The predicted molar refractivity (Wildman–Crippen MR) is 95.2 cm³/mol. The summed E-state index contributed by atoms with van der Waals surface area (Å²) in [4.78, 5) is 2.53. The monoisotopic (exact) mass is 311 g/mol. The van der Waals surface area contributed by atoms with E-state index in [1.807, 2.05) is 12.1 Å². The number of likely N-dealkylation sites (tertiary alicyclic amines) is 1. The second-order valence-electron chi connectivity index (χ2n) is 5.91. The topological polar surface area (TPSA) is 3.24 Å². The van der Waals surface area contributed by atoms with Gasteiger partial charge in [-0.3, -0.25) is 4.90 Å². The third-order valence-corrected chi connectivity index (χ3v) is 4.50. The van der Waals surface area contributed by atoms with Crippen LogP contribution in [-0.4, -0.2) is 24.5 Å². The van der Waals surface area contributed by atoms with Crippen LogP contribution >= 0.6 is 11.6 Å². The van der Waals surface area contributed by atoms with Crippen molar-refractivity contribution < 1.29 is 0 Å². The molecule has 0 saturated carbocycles. The van der Waals surface area contributed by atoms with Crippen molar-refractivity contribution in [3.05, 3.63) is 76.8 Å². The van der Waals surface area contributed by atoms with E-state index in [2.05, 4.69) is 53.4 Å². The summed E-state index contributed by atoms with van der Waals surface area (Å²) in [5, 5.41) is 0.797. The molecule has 0 spiro atoms. The molecule has 0 amide bonds. The smallest absolute Gasteiger partial charge is 0.0406 e. The lowest BCUT2D eigenvalue weighted by Crippen LogP contribution is -2.19. The van der Waals surface area contributed by atoms with Crippen LogP contribution in [0.2, 0.25) is 5.02 Å². The van der Waals surface area contributed by atoms with Gasteiger partial charge in [-0.1, -0.05) is 60.1 Å². The first-order valence-corrected chi connectivity index (χ1v) is 8.40. The third kappa shape index (κ3) is 4.22. The van der Waals surface area contributed by atoms with Gasteiger partial charge in [-0.05, 0) is 61.2 Å². The summed E-state index contributed by atoms with van der Waals surface area (Å²) < 4.78 is 0. The molecule has 22 heavy (non-hydrogen) atoms. The van der Waals surface area contributed by atoms with Crippen molar-refractivity contribution >= 4 is 17.2 Å². The first-order valence-electron chi connectivity index (χ1n) is 8.02. The van der Waals surface area contributed by atoms with Crippen LogP contribution in [0.5, 0.6) is 0 Å². The zero-order valence-corrected chi connectivity index (χ0v) is 13.6. The second kappa shape index (κ2) is 7.62. The summed E-state index contributed by atoms with van der Waals surface area (Å²) >= 11 is 5.99. The summed E-state index contributed by atoms with van der Waals surface area (Å²) in [7, 11) is 0. The average molecular weight is 312 g/mol. The normalized spacial score (nSPS) is 16.1. The van der Waals surface area contributed by atoms with Crippen molar-refractivity contribution in [3.8, 4) is 0 Å². The Labute approximate surface area is 138 Å². The molecule has 0 N–H and O–H groups in total. The Balaban J connectivity index is 1.79. The van der Waals surface area contributed by atoms with E-state index in [9.17, 15) is 0 Å². The fraction of sp³-hybridized carbons (Fsp3) is 0.300. The Kier molecular flexibility index (Phi) is 5.31. The Morgan fingerprint density at radius 2 is 1.64 bits per heavy atom. The third-order valence-electron chi connectivity index (χ3n) is 4.25. The van der Waals surface area contributed by atoms with E-state index in [0.29, 0.717) is 0 Å². The molecule has 1 aliphatic heterocycles. The molecule has 114 valence electrons. The van der Waals surface area contributed by atoms with Gasteiger partial charge in [-0.25, -0.2) is 0 Å². The molecule has 0 aromatic heterocycles. The van der Waals surface area contributed by atoms with Crippen molar-refractivity contribution in [1.29, 1.82) is 0 Å². The SMILES string of the molecule is Clc1ccc(C/C(=C/CN2CCCC2)c2ccccc2)cc1. The van der Waals surface area contributed by atoms with Crippen LogP contribution in [0.15, 0.2) is 60.7 Å². The van der Waals surface area contributed by atoms with E-state index >= 15 is 0 Å². The highest BCUT2D eigenvalue weighted by Gasteiger charge is 2.10. The number of benzene rings is 2. The number of hydrogen-bond acceptors (Lipinski definition) is 1. The minimum absolute atomic E-state index is 0.797. The van der Waals surface area contributed by atoms with Gasteiger partial charge < -0.3 is 0 Å². The van der Waals surface area contributed by atoms with Crippen LogP contribution in [0.25, 0.3) is 5.57 Å². The lowest BCUT2D eigenvalue weighted by Gasteiger charge is -2.14. The molecule has 1 aliphatic rings. The number of hydrogen-bond donors (Lipinski definition) is 0. The molecule has 1 fully saturated rings. The summed E-state index contributed by atoms with van der Waals surface area (Å²) in [6, 6.07) is 18.9. The molecular weight excluding hydrogens is 290 g/mol. The van der Waals surface area contributed by atoms with Crippen LogP contribution < -0.4 is 0 Å². The van der Waals surface area contributed by atoms with Crippen molar-refractivity contribution in [2.75, 3.05) is 19.6 Å². The molecule has 1 saturated heterocycles. The van der Waals surface area contributed by atoms with E-state index in [4.69, 9.17) is 11.6 Å². The quantitative estimate of drug-likeness (QED) is 0.746. The van der Waals surface area contributed by atoms with Crippen LogP contribution in [0.4, 0.5) is 0 Å². The maximum Gasteiger partial charge on any atom is 0.0406 e. The summed E-state index contributed by atoms with van der Waals surface area (Å²) in [6.07, 6.45) is 6.03. The molecule has 2 aromatic carbocycles. The van der Waals surface area contributed by atoms with Gasteiger partial charge in [0.05, 0.1) is 0 Å². The largest absolute Gasteiger partial charge is 0.300 e. The minimum Gasteiger partial charge on any atom is -0.300 e. The van der Waals surface area contributed by atoms with Gasteiger partial charge in [0.2, 0.25) is 0 Å². The van der Waals surface area contributed by atoms with Gasteiger partial charge in [0.25, 0.3) is 0 Å². The zero-order valence-electron chi connectivity index (χ0n) is 12.8. The summed E-state index contributed by atoms with van der Waals surface area (Å²) in [6.45, 7) is 3.52. The van der Waals surface area contributed by atoms with E-state index in [1.54, 1.807) is 0 Å². The maximum atomic E-state index is 5.99. The van der Waals surface area contributed by atoms with Crippen LogP contribution in [0.3, 0.4) is 0 Å². The Morgan fingerprint density at radius 3 is 2.32 bits per heavy atom. The molecule has 2 aromatic rings. The highest BCUT2D eigenvalue weighted by atomic mass is 35.5. The van der Waals surface area contributed by atoms with Gasteiger partial charge in [-0.15, -0.1) is 0 Å². The van der Waals surface area contributed by atoms with Crippen molar-refractivity contribution in [2.24, 2.45) is 0 Å². The van der Waals surface area contributed by atoms with E-state index in [1.165, 1.54) is 42.6 Å². The Hall–Kier alpha value is -1.57. The van der Waals surface area contributed by atoms with E-state index in [-0.39, 0.29) is 0 Å². The number of allylic oxidation sites excluding steroid dienone is 1. The molecule has 0 aliphatic carbocycles. The Morgan fingerprint density at radius 1 is 0.955 bits per heavy atom. The highest BCUT2D eigenvalue weighted by Crippen LogP contribution is 2.21. The molecule has 0 radical (unpaired) electrons. The molecule has 3 rings (SSSR count). The summed E-state index contributed by atoms with van der Waals surface area (Å²) in [5.41, 5.74) is 4.02. The van der Waals surface area contributed by atoms with Crippen LogP contribution in [0, 0.1) is 0 Å². The molecule has 2 heteroatoms. The van der Waals surface area contributed by atoms with Crippen molar-refractivity contribution in [3.63, 3.8) is 0 Å². The van der Waals surface area contributed by atoms with Gasteiger partial charge >= 0.3 is 0 Å². The van der Waals surface area contributed by atoms with Crippen LogP contribution in [0.1, 0.15) is 24.0 Å². The van der Waals surface area contributed by atoms with Gasteiger partial charge in [0, 0.05) is 11.6 Å². The maximum absolute atomic E-state index is 5.99. The highest BCUT2D eigenvalue weighted by molar-refractivity contribution is 6.30. The molecule has 1 nitrogen and oxygen atoms in total. The summed E-state index contributed by atoms with van der Waals surface area (Å²) in [5.74, 6) is 0. The van der Waals surface area contributed by atoms with Gasteiger partial charge in [-0.2, -0.15) is 0 Å². The van der Waals surface area contributed by atoms with E-state index < -0.39 is 0 Å². The minimum atomic E-state index is 0.797. The first-order chi connectivity index (χ1) is 10.8. The predicted octanol–water partition coefficient (Wildman–Crippen LogP) is 5.06. The molecule has 0 unspecified atom stereocenters. The van der Waals surface area contributed by atoms with Crippen molar-refractivity contribution in [1.82, 2.24) is 4.90 Å². The van der Waals surface area contributed by atoms with Crippen LogP contribution in [-0.2, 0) is 6.42 Å². The number of nitrogens with zero attached hydrogens (tertiary/aromatic N) is 1. The Bertz CT molecular complexity index is 610. The van der Waals surface area contributed by atoms with Gasteiger partial charge in [0.15, 0.2) is 0 Å².